The number of oxazole rings is 1. The van der Waals surface area contributed by atoms with Gasteiger partial charge in [-0.05, 0) is 62.6 Å². The number of nitrogens with zero attached hydrogens (tertiary/aromatic N) is 2. The number of sulfonamides is 1. The fraction of sp³-hybridized carbons (Fsp3) is 0.556. The summed E-state index contributed by atoms with van der Waals surface area (Å²) in [5.41, 5.74) is 0.884. The van der Waals surface area contributed by atoms with Crippen molar-refractivity contribution in [2.24, 2.45) is 5.92 Å². The lowest BCUT2D eigenvalue weighted by Crippen LogP contribution is -2.58. The highest BCUT2D eigenvalue weighted by atomic mass is 32.2. The van der Waals surface area contributed by atoms with E-state index in [9.17, 15) is 22.8 Å². The molecule has 1 aromatic heterocycles. The summed E-state index contributed by atoms with van der Waals surface area (Å²) in [7, 11) is -3.91. The Kier molecular flexibility index (Phi) is 9.16. The molecule has 262 valence electrons. The molecule has 12 nitrogen and oxygen atoms in total. The van der Waals surface area contributed by atoms with Crippen molar-refractivity contribution < 1.29 is 32.0 Å². The molecule has 7 rings (SSSR count). The number of hydrogen-bond acceptors (Lipinski definition) is 9. The number of carbonyl (C=O) groups excluding carboxylic acids is 3. The van der Waals surface area contributed by atoms with Gasteiger partial charge in [-0.15, -0.1) is 0 Å². The van der Waals surface area contributed by atoms with E-state index in [0.29, 0.717) is 49.7 Å². The van der Waals surface area contributed by atoms with Crippen LogP contribution in [0.5, 0.6) is 6.08 Å². The van der Waals surface area contributed by atoms with Crippen LogP contribution in [0.3, 0.4) is 0 Å². The zero-order valence-electron chi connectivity index (χ0n) is 27.9. The summed E-state index contributed by atoms with van der Waals surface area (Å²) in [6.45, 7) is 2.23. The van der Waals surface area contributed by atoms with Gasteiger partial charge in [0.1, 0.15) is 23.2 Å². The summed E-state index contributed by atoms with van der Waals surface area (Å²) in [4.78, 5) is 48.4. The first-order valence-corrected chi connectivity index (χ1v) is 19.0. The molecule has 2 aromatic carbocycles. The standard InChI is InChI=1S/C36H45N5O7S/c1-35(18-19-35)49(45,46)40-33(44)36-21-25(36)14-8-3-2-4-9-16-28(37-22-24-12-6-5-7-13-24)32(43)41-23-26(20-29(41)31(42)39-36)47-34-38-27-15-10-11-17-30(27)48-34/h5-7,10-13,15,17,25-26,28-29,37H,2-4,8-9,14,16,18-23H2,1H3,(H,39,42)(H,40,44)/t25-,26-,28+,29+,36-/m1/s1. The molecule has 2 aliphatic carbocycles. The van der Waals surface area contributed by atoms with Gasteiger partial charge in [0.25, 0.3) is 5.91 Å². The van der Waals surface area contributed by atoms with Crippen LogP contribution in [0.15, 0.2) is 59.0 Å². The van der Waals surface area contributed by atoms with Crippen LogP contribution in [0.4, 0.5) is 0 Å². The van der Waals surface area contributed by atoms with Gasteiger partial charge in [-0.25, -0.2) is 8.42 Å². The quantitative estimate of drug-likeness (QED) is 0.318. The maximum Gasteiger partial charge on any atom is 0.394 e. The second kappa shape index (κ2) is 13.4. The average molecular weight is 692 g/mol. The van der Waals surface area contributed by atoms with E-state index in [1.165, 1.54) is 0 Å². The van der Waals surface area contributed by atoms with Gasteiger partial charge in [-0.1, -0.05) is 74.6 Å². The minimum atomic E-state index is -3.91. The minimum Gasteiger partial charge on any atom is -0.445 e. The second-order valence-electron chi connectivity index (χ2n) is 14.4. The Morgan fingerprint density at radius 2 is 1.73 bits per heavy atom. The van der Waals surface area contributed by atoms with E-state index in [0.717, 1.165) is 37.7 Å². The molecule has 0 unspecified atom stereocenters. The van der Waals surface area contributed by atoms with Gasteiger partial charge < -0.3 is 24.7 Å². The third kappa shape index (κ3) is 7.05. The molecule has 3 N–H and O–H groups in total. The van der Waals surface area contributed by atoms with E-state index in [-0.39, 0.29) is 30.9 Å². The Morgan fingerprint density at radius 3 is 2.49 bits per heavy atom. The van der Waals surface area contributed by atoms with Gasteiger partial charge in [0.05, 0.1) is 17.3 Å². The lowest BCUT2D eigenvalue weighted by molar-refractivity contribution is -0.141. The monoisotopic (exact) mass is 691 g/mol. The van der Waals surface area contributed by atoms with Crippen LogP contribution in [-0.4, -0.2) is 71.0 Å². The topological polar surface area (TPSA) is 160 Å². The zero-order chi connectivity index (χ0) is 34.2. The van der Waals surface area contributed by atoms with Crippen molar-refractivity contribution in [3.05, 3.63) is 60.2 Å². The number of hydrogen-bond donors (Lipinski definition) is 3. The SMILES string of the molecule is CC1(S(=O)(=O)NC(=O)[C@@]23C[C@H]2CCCCCCC[C@H](NCc2ccccc2)C(=O)N2C[C@H](Oc4nc5ccccc5o4)C[C@H]2C(=O)N3)CC1. The fourth-order valence-corrected chi connectivity index (χ4v) is 8.60. The largest absolute Gasteiger partial charge is 0.445 e. The van der Waals surface area contributed by atoms with Crippen molar-refractivity contribution in [2.45, 2.75) is 113 Å². The molecule has 0 radical (unpaired) electrons. The highest BCUT2D eigenvalue weighted by molar-refractivity contribution is 7.91. The molecular weight excluding hydrogens is 646 g/mol. The van der Waals surface area contributed by atoms with Crippen LogP contribution in [0.25, 0.3) is 11.1 Å². The van der Waals surface area contributed by atoms with Crippen LogP contribution in [-0.2, 0) is 31.0 Å². The lowest BCUT2D eigenvalue weighted by atomic mass is 10.0. The van der Waals surface area contributed by atoms with Crippen molar-refractivity contribution >= 4 is 38.8 Å². The van der Waals surface area contributed by atoms with E-state index >= 15 is 0 Å². The van der Waals surface area contributed by atoms with Crippen LogP contribution in [0, 0.1) is 5.92 Å². The minimum absolute atomic E-state index is 0.0532. The van der Waals surface area contributed by atoms with Crippen molar-refractivity contribution in [2.75, 3.05) is 6.54 Å². The molecule has 13 heteroatoms. The molecular formula is C36H45N5O7S. The van der Waals surface area contributed by atoms with E-state index in [1.807, 2.05) is 48.5 Å². The number of nitrogens with one attached hydrogen (secondary N) is 3. The summed E-state index contributed by atoms with van der Waals surface area (Å²) in [6, 6.07) is 15.6. The first-order chi connectivity index (χ1) is 23.6. The summed E-state index contributed by atoms with van der Waals surface area (Å²) >= 11 is 0. The predicted molar refractivity (Wildman–Crippen MR) is 182 cm³/mol. The average Bonchev–Trinajstić information content (AvgIpc) is 3.89. The lowest BCUT2D eigenvalue weighted by Gasteiger charge is -2.30. The molecule has 49 heavy (non-hydrogen) atoms. The molecule has 0 spiro atoms. The number of rotatable bonds is 8. The number of amides is 3. The fourth-order valence-electron chi connectivity index (χ4n) is 7.29. The first kappa shape index (κ1) is 33.5. The first-order valence-electron chi connectivity index (χ1n) is 17.6. The van der Waals surface area contributed by atoms with E-state index in [4.69, 9.17) is 9.15 Å². The van der Waals surface area contributed by atoms with Gasteiger partial charge in [0.2, 0.25) is 21.8 Å². The van der Waals surface area contributed by atoms with E-state index in [2.05, 4.69) is 20.3 Å². The Labute approximate surface area is 286 Å². The molecule has 3 aromatic rings. The number of fused-ring (bicyclic) bond motifs is 3. The van der Waals surface area contributed by atoms with E-state index in [1.54, 1.807) is 17.9 Å². The molecule has 3 heterocycles. The van der Waals surface area contributed by atoms with Gasteiger partial charge in [-0.3, -0.25) is 19.1 Å². The van der Waals surface area contributed by atoms with Crippen molar-refractivity contribution in [1.82, 2.24) is 25.2 Å². The van der Waals surface area contributed by atoms with Crippen molar-refractivity contribution in [3.63, 3.8) is 0 Å². The number of benzene rings is 2. The number of carbonyl (C=O) groups is 3. The molecule has 2 saturated heterocycles. The van der Waals surface area contributed by atoms with E-state index < -0.39 is 50.3 Å². The molecule has 4 fully saturated rings. The third-order valence-corrected chi connectivity index (χ3v) is 13.0. The van der Waals surface area contributed by atoms with Crippen LogP contribution in [0.1, 0.15) is 83.1 Å². The Hall–Kier alpha value is -3.97. The summed E-state index contributed by atoms with van der Waals surface area (Å²) in [5, 5.41) is 6.43. The molecule has 3 amide bonds. The van der Waals surface area contributed by atoms with Crippen LogP contribution >= 0.6 is 0 Å². The van der Waals surface area contributed by atoms with Crippen LogP contribution in [0.2, 0.25) is 0 Å². The maximum absolute atomic E-state index is 14.4. The summed E-state index contributed by atoms with van der Waals surface area (Å²) in [6.07, 6.45) is 6.83. The van der Waals surface area contributed by atoms with Gasteiger partial charge in [-0.2, -0.15) is 4.98 Å². The number of ether oxygens (including phenoxy) is 1. The summed E-state index contributed by atoms with van der Waals surface area (Å²) < 4.78 is 39.5. The number of para-hydroxylation sites is 2. The Bertz CT molecular complexity index is 1780. The predicted octanol–water partition coefficient (Wildman–Crippen LogP) is 3.95. The molecule has 4 aliphatic rings. The second-order valence-corrected chi connectivity index (χ2v) is 16.6. The molecule has 2 aliphatic heterocycles. The van der Waals surface area contributed by atoms with Gasteiger partial charge in [0, 0.05) is 13.0 Å². The zero-order valence-corrected chi connectivity index (χ0v) is 28.7. The van der Waals surface area contributed by atoms with Gasteiger partial charge in [0.15, 0.2) is 5.58 Å². The summed E-state index contributed by atoms with van der Waals surface area (Å²) in [5.74, 6) is -1.60. The maximum atomic E-state index is 14.4. The Morgan fingerprint density at radius 1 is 1.02 bits per heavy atom. The third-order valence-electron chi connectivity index (χ3n) is 10.8. The number of aromatic nitrogens is 1. The smallest absolute Gasteiger partial charge is 0.394 e. The van der Waals surface area contributed by atoms with Crippen molar-refractivity contribution in [1.29, 1.82) is 0 Å². The normalized spacial score (nSPS) is 28.8. The van der Waals surface area contributed by atoms with Crippen molar-refractivity contribution in [3.8, 4) is 6.08 Å². The molecule has 5 atom stereocenters. The molecule has 0 bridgehead atoms. The highest BCUT2D eigenvalue weighted by Crippen LogP contribution is 2.49. The highest BCUT2D eigenvalue weighted by Gasteiger charge is 2.63. The Balaban J connectivity index is 1.15. The molecule has 2 saturated carbocycles. The van der Waals surface area contributed by atoms with Gasteiger partial charge >= 0.3 is 6.08 Å². The van der Waals surface area contributed by atoms with Crippen LogP contribution < -0.4 is 20.1 Å².